The van der Waals surface area contributed by atoms with Crippen molar-refractivity contribution in [2.75, 3.05) is 5.32 Å². The number of aromatic nitrogens is 2. The topological polar surface area (TPSA) is 50.1 Å². The number of hydrogen-bond acceptors (Lipinski definition) is 3. The summed E-state index contributed by atoms with van der Waals surface area (Å²) in [6, 6.07) is 7.31. The third kappa shape index (κ3) is 3.14. The van der Waals surface area contributed by atoms with E-state index in [0.717, 1.165) is 16.9 Å². The molecule has 0 aliphatic heterocycles. The minimum atomic E-state index is 0. The Hall–Kier alpha value is -1.68. The molecule has 2 rings (SSSR count). The summed E-state index contributed by atoms with van der Waals surface area (Å²) in [5.74, 6) is 0.316. The molecule has 0 fully saturated rings. The number of phenols is 1. The van der Waals surface area contributed by atoms with Gasteiger partial charge >= 0.3 is 0 Å². The molecule has 0 aliphatic carbocycles. The maximum absolute atomic E-state index is 9.60. The highest BCUT2D eigenvalue weighted by molar-refractivity contribution is 5.85. The number of nitrogens with zero attached hydrogens (tertiary/aromatic N) is 2. The second-order valence-electron chi connectivity index (χ2n) is 3.78. The van der Waals surface area contributed by atoms with E-state index in [1.165, 1.54) is 0 Å². The Morgan fingerprint density at radius 2 is 2.06 bits per heavy atom. The van der Waals surface area contributed by atoms with Crippen molar-refractivity contribution in [2.45, 2.75) is 13.5 Å². The average Bonchev–Trinajstić information content (AvgIpc) is 2.56. The van der Waals surface area contributed by atoms with E-state index in [1.54, 1.807) is 10.7 Å². The molecular weight excluding hydrogens is 238 g/mol. The Kier molecular flexibility index (Phi) is 4.40. The molecule has 2 aromatic rings. The lowest BCUT2D eigenvalue weighted by Crippen LogP contribution is -1.99. The third-order valence-corrected chi connectivity index (χ3v) is 2.47. The van der Waals surface area contributed by atoms with Gasteiger partial charge in [0.2, 0.25) is 0 Å². The van der Waals surface area contributed by atoms with Crippen molar-refractivity contribution >= 4 is 18.1 Å². The first-order chi connectivity index (χ1) is 7.66. The second-order valence-corrected chi connectivity index (χ2v) is 3.78. The zero-order valence-corrected chi connectivity index (χ0v) is 10.7. The van der Waals surface area contributed by atoms with Crippen LogP contribution >= 0.6 is 12.4 Å². The van der Waals surface area contributed by atoms with Crippen LogP contribution in [0, 0.1) is 6.92 Å². The number of hydrogen-bond donors (Lipinski definition) is 2. The van der Waals surface area contributed by atoms with E-state index in [4.69, 9.17) is 0 Å². The molecule has 0 spiro atoms. The molecule has 0 bridgehead atoms. The van der Waals surface area contributed by atoms with E-state index in [1.807, 2.05) is 38.4 Å². The molecule has 0 atom stereocenters. The van der Waals surface area contributed by atoms with Crippen molar-refractivity contribution < 1.29 is 5.11 Å². The van der Waals surface area contributed by atoms with Crippen molar-refractivity contribution in [2.24, 2.45) is 7.05 Å². The molecule has 0 unspecified atom stereocenters. The van der Waals surface area contributed by atoms with E-state index in [0.29, 0.717) is 12.3 Å². The van der Waals surface area contributed by atoms with E-state index in [2.05, 4.69) is 10.4 Å². The van der Waals surface area contributed by atoms with Crippen molar-refractivity contribution in [1.29, 1.82) is 0 Å². The predicted molar refractivity (Wildman–Crippen MR) is 70.6 cm³/mol. The van der Waals surface area contributed by atoms with Crippen LogP contribution < -0.4 is 5.32 Å². The monoisotopic (exact) mass is 253 g/mol. The molecule has 1 aromatic heterocycles. The van der Waals surface area contributed by atoms with Gasteiger partial charge in [-0.2, -0.15) is 5.10 Å². The fourth-order valence-corrected chi connectivity index (χ4v) is 1.62. The SMILES string of the molecule is Cc1nn(C)cc1NCc1ccccc1O.Cl. The number of rotatable bonds is 3. The fourth-order valence-electron chi connectivity index (χ4n) is 1.62. The van der Waals surface area contributed by atoms with Gasteiger partial charge in [-0.1, -0.05) is 18.2 Å². The van der Waals surface area contributed by atoms with Crippen LogP contribution in [-0.4, -0.2) is 14.9 Å². The van der Waals surface area contributed by atoms with Crippen LogP contribution in [0.4, 0.5) is 5.69 Å². The van der Waals surface area contributed by atoms with Crippen LogP contribution in [0.25, 0.3) is 0 Å². The van der Waals surface area contributed by atoms with Crippen LogP contribution in [0.2, 0.25) is 0 Å². The molecule has 17 heavy (non-hydrogen) atoms. The zero-order chi connectivity index (χ0) is 11.5. The molecule has 92 valence electrons. The van der Waals surface area contributed by atoms with Crippen molar-refractivity contribution in [3.8, 4) is 5.75 Å². The number of halogens is 1. The quantitative estimate of drug-likeness (QED) is 0.884. The fraction of sp³-hybridized carbons (Fsp3) is 0.250. The van der Waals surface area contributed by atoms with Crippen LogP contribution in [0.1, 0.15) is 11.3 Å². The first-order valence-corrected chi connectivity index (χ1v) is 5.18. The highest BCUT2D eigenvalue weighted by Crippen LogP contribution is 2.18. The molecule has 2 N–H and O–H groups in total. The number of aryl methyl sites for hydroxylation is 2. The Morgan fingerprint density at radius 3 is 2.65 bits per heavy atom. The van der Waals surface area contributed by atoms with Crippen molar-refractivity contribution in [3.63, 3.8) is 0 Å². The first-order valence-electron chi connectivity index (χ1n) is 5.18. The number of phenolic OH excluding ortho intramolecular Hbond substituents is 1. The second kappa shape index (κ2) is 5.59. The Bertz CT molecular complexity index is 496. The van der Waals surface area contributed by atoms with Crippen molar-refractivity contribution in [3.05, 3.63) is 41.7 Å². The highest BCUT2D eigenvalue weighted by atomic mass is 35.5. The van der Waals surface area contributed by atoms with Crippen molar-refractivity contribution in [1.82, 2.24) is 9.78 Å². The molecule has 5 heteroatoms. The standard InChI is InChI=1S/C12H15N3O.ClH/c1-9-11(8-15(2)14-9)13-7-10-5-3-4-6-12(10)16;/h3-6,8,13,16H,7H2,1-2H3;1H. The molecule has 1 heterocycles. The van der Waals surface area contributed by atoms with Gasteiger partial charge in [0, 0.05) is 25.4 Å². The summed E-state index contributed by atoms with van der Waals surface area (Å²) in [5, 5.41) is 17.1. The van der Waals surface area contributed by atoms with E-state index < -0.39 is 0 Å². The normalized spacial score (nSPS) is 9.76. The zero-order valence-electron chi connectivity index (χ0n) is 9.84. The summed E-state index contributed by atoms with van der Waals surface area (Å²) in [6.45, 7) is 2.55. The van der Waals surface area contributed by atoms with Gasteiger partial charge in [-0.25, -0.2) is 0 Å². The molecule has 0 saturated carbocycles. The highest BCUT2D eigenvalue weighted by Gasteiger charge is 2.03. The van der Waals surface area contributed by atoms with Crippen LogP contribution in [0.5, 0.6) is 5.75 Å². The minimum absolute atomic E-state index is 0. The molecule has 0 saturated heterocycles. The lowest BCUT2D eigenvalue weighted by molar-refractivity contribution is 0.469. The van der Waals surface area contributed by atoms with Crippen LogP contribution in [0.3, 0.4) is 0 Å². The van der Waals surface area contributed by atoms with Gasteiger partial charge in [0.1, 0.15) is 5.75 Å². The Morgan fingerprint density at radius 1 is 1.35 bits per heavy atom. The molecule has 0 radical (unpaired) electrons. The first kappa shape index (κ1) is 13.4. The molecular formula is C12H16ClN3O. The van der Waals surface area contributed by atoms with Gasteiger partial charge in [-0.15, -0.1) is 12.4 Å². The van der Waals surface area contributed by atoms with Gasteiger partial charge in [0.05, 0.1) is 11.4 Å². The Labute approximate surface area is 107 Å². The van der Waals surface area contributed by atoms with Gasteiger partial charge in [-0.3, -0.25) is 4.68 Å². The summed E-state index contributed by atoms with van der Waals surface area (Å²) >= 11 is 0. The minimum Gasteiger partial charge on any atom is -0.508 e. The lowest BCUT2D eigenvalue weighted by Gasteiger charge is -2.06. The van der Waals surface area contributed by atoms with E-state index >= 15 is 0 Å². The molecule has 0 amide bonds. The number of aromatic hydroxyl groups is 1. The molecule has 0 aliphatic rings. The summed E-state index contributed by atoms with van der Waals surface area (Å²) in [7, 11) is 1.89. The van der Waals surface area contributed by atoms with Gasteiger partial charge in [-0.05, 0) is 13.0 Å². The van der Waals surface area contributed by atoms with Gasteiger partial charge in [0.25, 0.3) is 0 Å². The number of benzene rings is 1. The van der Waals surface area contributed by atoms with Gasteiger partial charge < -0.3 is 10.4 Å². The molecule has 4 nitrogen and oxygen atoms in total. The maximum Gasteiger partial charge on any atom is 0.120 e. The van der Waals surface area contributed by atoms with Crippen LogP contribution in [0.15, 0.2) is 30.5 Å². The predicted octanol–water partition coefficient (Wildman–Crippen LogP) is 2.47. The number of para-hydroxylation sites is 1. The van der Waals surface area contributed by atoms with Gasteiger partial charge in [0.15, 0.2) is 0 Å². The summed E-state index contributed by atoms with van der Waals surface area (Å²) in [6.07, 6.45) is 1.93. The third-order valence-electron chi connectivity index (χ3n) is 2.47. The lowest BCUT2D eigenvalue weighted by atomic mass is 10.2. The smallest absolute Gasteiger partial charge is 0.120 e. The van der Waals surface area contributed by atoms with E-state index in [-0.39, 0.29) is 12.4 Å². The average molecular weight is 254 g/mol. The summed E-state index contributed by atoms with van der Waals surface area (Å²) in [5.41, 5.74) is 2.83. The Balaban J connectivity index is 0.00000144. The summed E-state index contributed by atoms with van der Waals surface area (Å²) < 4.78 is 1.77. The molecule has 1 aromatic carbocycles. The van der Waals surface area contributed by atoms with Crippen LogP contribution in [-0.2, 0) is 13.6 Å². The largest absolute Gasteiger partial charge is 0.508 e. The maximum atomic E-state index is 9.60. The number of anilines is 1. The summed E-state index contributed by atoms with van der Waals surface area (Å²) in [4.78, 5) is 0. The van der Waals surface area contributed by atoms with E-state index in [9.17, 15) is 5.11 Å². The number of nitrogens with one attached hydrogen (secondary N) is 1.